The monoisotopic (exact) mass is 414 g/mol. The molecule has 6 heteroatoms. The molecule has 0 fully saturated rings. The first kappa shape index (κ1) is 22.1. The second kappa shape index (κ2) is 8.62. The lowest BCUT2D eigenvalue weighted by Crippen LogP contribution is -2.26. The van der Waals surface area contributed by atoms with Gasteiger partial charge in [-0.1, -0.05) is 6.92 Å². The second-order valence-electron chi connectivity index (χ2n) is 9.12. The highest BCUT2D eigenvalue weighted by molar-refractivity contribution is 5.66. The molecular weight excluding hydrogens is 382 g/mol. The van der Waals surface area contributed by atoms with E-state index in [1.807, 2.05) is 46.9 Å². The fourth-order valence-corrected chi connectivity index (χ4v) is 3.72. The summed E-state index contributed by atoms with van der Waals surface area (Å²) in [5, 5.41) is 9.95. The smallest absolute Gasteiger partial charge is 0.133 e. The average molecular weight is 415 g/mol. The Kier molecular flexibility index (Phi) is 6.34. The Morgan fingerprint density at radius 2 is 1.90 bits per heavy atom. The fourth-order valence-electron chi connectivity index (χ4n) is 3.72. The van der Waals surface area contributed by atoms with Gasteiger partial charge in [-0.3, -0.25) is 4.98 Å². The highest BCUT2D eigenvalue weighted by Crippen LogP contribution is 2.30. The molecule has 0 amide bonds. The summed E-state index contributed by atoms with van der Waals surface area (Å²) >= 11 is 0. The molecule has 1 aliphatic rings. The van der Waals surface area contributed by atoms with Crippen molar-refractivity contribution in [3.63, 3.8) is 0 Å². The van der Waals surface area contributed by atoms with Gasteiger partial charge in [-0.25, -0.2) is 8.78 Å². The minimum absolute atomic E-state index is 0.152. The molecule has 30 heavy (non-hydrogen) atoms. The summed E-state index contributed by atoms with van der Waals surface area (Å²) in [5.41, 5.74) is 3.31. The number of benzene rings is 1. The molecule has 4 nitrogen and oxygen atoms in total. The highest BCUT2D eigenvalue weighted by atomic mass is 19.1. The number of pyridine rings is 1. The zero-order chi connectivity index (χ0) is 22.1. The molecular formula is C24H32F2N4. The summed E-state index contributed by atoms with van der Waals surface area (Å²) < 4.78 is 30.0. The molecule has 1 aliphatic heterocycles. The lowest BCUT2D eigenvalue weighted by Gasteiger charge is -2.23. The SMILES string of the molecule is CC[C@H]1CC(NC(C)c2cc(F)c(-c3cc(NC(C)(C)C)cc(C)n3)cc2F)=CN1. The van der Waals surface area contributed by atoms with Crippen molar-refractivity contribution in [3.8, 4) is 11.3 Å². The first-order valence-electron chi connectivity index (χ1n) is 10.5. The third kappa shape index (κ3) is 5.29. The normalized spacial score (nSPS) is 17.3. The average Bonchev–Trinajstić information content (AvgIpc) is 3.08. The second-order valence-corrected chi connectivity index (χ2v) is 9.12. The molecule has 1 aromatic carbocycles. The molecule has 162 valence electrons. The number of hydrogen-bond donors (Lipinski definition) is 3. The van der Waals surface area contributed by atoms with Gasteiger partial charge in [0.05, 0.1) is 11.7 Å². The number of anilines is 1. The van der Waals surface area contributed by atoms with E-state index in [2.05, 4.69) is 27.9 Å². The van der Waals surface area contributed by atoms with Crippen LogP contribution >= 0.6 is 0 Å². The van der Waals surface area contributed by atoms with Gasteiger partial charge in [0.1, 0.15) is 11.6 Å². The summed E-state index contributed by atoms with van der Waals surface area (Å²) in [6, 6.07) is 6.24. The summed E-state index contributed by atoms with van der Waals surface area (Å²) in [6.07, 6.45) is 3.80. The molecule has 3 rings (SSSR count). The third-order valence-corrected chi connectivity index (χ3v) is 5.16. The first-order chi connectivity index (χ1) is 14.1. The van der Waals surface area contributed by atoms with Gasteiger partial charge in [-0.05, 0) is 65.3 Å². The van der Waals surface area contributed by atoms with Crippen LogP contribution < -0.4 is 16.0 Å². The van der Waals surface area contributed by atoms with E-state index in [9.17, 15) is 4.39 Å². The van der Waals surface area contributed by atoms with Crippen molar-refractivity contribution < 1.29 is 8.78 Å². The zero-order valence-electron chi connectivity index (χ0n) is 18.7. The van der Waals surface area contributed by atoms with E-state index in [1.54, 1.807) is 6.07 Å². The van der Waals surface area contributed by atoms with Crippen molar-refractivity contribution >= 4 is 5.69 Å². The number of halogens is 2. The summed E-state index contributed by atoms with van der Waals surface area (Å²) in [4.78, 5) is 4.43. The Hall–Kier alpha value is -2.63. The predicted octanol–water partition coefficient (Wildman–Crippen LogP) is 5.81. The van der Waals surface area contributed by atoms with E-state index in [0.29, 0.717) is 17.3 Å². The Labute approximate surface area is 178 Å². The molecule has 2 heterocycles. The maximum atomic E-state index is 15.0. The van der Waals surface area contributed by atoms with Crippen LogP contribution in [0.4, 0.5) is 14.5 Å². The van der Waals surface area contributed by atoms with Crippen LogP contribution in [0.3, 0.4) is 0 Å². The van der Waals surface area contributed by atoms with Crippen molar-refractivity contribution in [2.24, 2.45) is 0 Å². The van der Waals surface area contributed by atoms with E-state index < -0.39 is 11.6 Å². The van der Waals surface area contributed by atoms with Crippen molar-refractivity contribution in [1.82, 2.24) is 15.6 Å². The van der Waals surface area contributed by atoms with Crippen molar-refractivity contribution in [3.05, 3.63) is 59.1 Å². The molecule has 3 N–H and O–H groups in total. The topological polar surface area (TPSA) is 49.0 Å². The largest absolute Gasteiger partial charge is 0.386 e. The molecule has 0 bridgehead atoms. The summed E-state index contributed by atoms with van der Waals surface area (Å²) in [6.45, 7) is 11.9. The third-order valence-electron chi connectivity index (χ3n) is 5.16. The van der Waals surface area contributed by atoms with Crippen LogP contribution in [0, 0.1) is 18.6 Å². The van der Waals surface area contributed by atoms with E-state index in [0.717, 1.165) is 29.9 Å². The number of nitrogens with one attached hydrogen (secondary N) is 3. The minimum Gasteiger partial charge on any atom is -0.386 e. The molecule has 0 radical (unpaired) electrons. The predicted molar refractivity (Wildman–Crippen MR) is 119 cm³/mol. The van der Waals surface area contributed by atoms with Gasteiger partial charge in [-0.2, -0.15) is 0 Å². The van der Waals surface area contributed by atoms with Gasteiger partial charge >= 0.3 is 0 Å². The van der Waals surface area contributed by atoms with Crippen LogP contribution in [0.25, 0.3) is 11.3 Å². The highest BCUT2D eigenvalue weighted by Gasteiger charge is 2.21. The Balaban J connectivity index is 1.86. The van der Waals surface area contributed by atoms with E-state index >= 15 is 4.39 Å². The molecule has 1 unspecified atom stereocenters. The van der Waals surface area contributed by atoms with Gasteiger partial charge in [0.15, 0.2) is 0 Å². The molecule has 0 aliphatic carbocycles. The Morgan fingerprint density at radius 1 is 1.17 bits per heavy atom. The Bertz CT molecular complexity index is 947. The summed E-state index contributed by atoms with van der Waals surface area (Å²) in [7, 11) is 0. The molecule has 2 aromatic rings. The van der Waals surface area contributed by atoms with Gasteiger partial charge < -0.3 is 16.0 Å². The quantitative estimate of drug-likeness (QED) is 0.558. The van der Waals surface area contributed by atoms with Crippen LogP contribution in [-0.2, 0) is 0 Å². The molecule has 0 saturated carbocycles. The summed E-state index contributed by atoms with van der Waals surface area (Å²) in [5.74, 6) is -0.927. The van der Waals surface area contributed by atoms with Gasteiger partial charge in [0, 0.05) is 52.4 Å². The molecule has 2 atom stereocenters. The van der Waals surface area contributed by atoms with Crippen molar-refractivity contribution in [1.29, 1.82) is 0 Å². The number of rotatable bonds is 6. The van der Waals surface area contributed by atoms with E-state index in [4.69, 9.17) is 0 Å². The van der Waals surface area contributed by atoms with E-state index in [1.165, 1.54) is 12.1 Å². The minimum atomic E-state index is -0.482. The maximum Gasteiger partial charge on any atom is 0.133 e. The number of aryl methyl sites for hydroxylation is 1. The van der Waals surface area contributed by atoms with Crippen molar-refractivity contribution in [2.75, 3.05) is 5.32 Å². The Morgan fingerprint density at radius 3 is 2.53 bits per heavy atom. The number of aromatic nitrogens is 1. The van der Waals surface area contributed by atoms with Crippen LogP contribution in [0.5, 0.6) is 0 Å². The molecule has 1 aromatic heterocycles. The number of hydrogen-bond acceptors (Lipinski definition) is 4. The molecule has 0 saturated heterocycles. The van der Waals surface area contributed by atoms with E-state index in [-0.39, 0.29) is 17.1 Å². The van der Waals surface area contributed by atoms with Gasteiger partial charge in [-0.15, -0.1) is 0 Å². The lowest BCUT2D eigenvalue weighted by atomic mass is 10.0. The van der Waals surface area contributed by atoms with Crippen LogP contribution in [0.2, 0.25) is 0 Å². The lowest BCUT2D eigenvalue weighted by molar-refractivity contribution is 0.535. The van der Waals surface area contributed by atoms with Crippen LogP contribution in [-0.4, -0.2) is 16.6 Å². The van der Waals surface area contributed by atoms with Crippen LogP contribution in [0.15, 0.2) is 36.2 Å². The van der Waals surface area contributed by atoms with Crippen molar-refractivity contribution in [2.45, 2.75) is 72.0 Å². The molecule has 0 spiro atoms. The van der Waals surface area contributed by atoms with Crippen LogP contribution in [0.1, 0.15) is 64.8 Å². The zero-order valence-corrected chi connectivity index (χ0v) is 18.7. The van der Waals surface area contributed by atoms with Gasteiger partial charge in [0.25, 0.3) is 0 Å². The fraction of sp³-hybridized carbons (Fsp3) is 0.458. The van der Waals surface area contributed by atoms with Gasteiger partial charge in [0.2, 0.25) is 0 Å². The maximum absolute atomic E-state index is 15.0. The standard InChI is InChI=1S/C24H32F2N4/c1-7-16-9-18(13-27-16)29-15(3)19-11-22(26)20(12-21(19)25)23-10-17(8-14(2)28-23)30-24(4,5)6/h8,10-13,15-16,27,29H,7,9H2,1-6H3,(H,28,30)/t15?,16-/m0/s1. The number of nitrogens with zero attached hydrogens (tertiary/aromatic N) is 1. The first-order valence-corrected chi connectivity index (χ1v) is 10.5.